The molecule has 1 aromatic carbocycles. The summed E-state index contributed by atoms with van der Waals surface area (Å²) in [4.78, 5) is 0. The number of hydrogen-bond acceptors (Lipinski definition) is 3. The molecule has 0 atom stereocenters. The number of rotatable bonds is 3. The van der Waals surface area contributed by atoms with Crippen molar-refractivity contribution < 1.29 is 0 Å². The summed E-state index contributed by atoms with van der Waals surface area (Å²) in [6, 6.07) is 3.84. The third-order valence-electron chi connectivity index (χ3n) is 2.05. The molecule has 0 amide bonds. The SMILES string of the molecule is C=CCNc1cc2[nH]ncc2cc1N. The summed E-state index contributed by atoms with van der Waals surface area (Å²) in [6.07, 6.45) is 3.54. The number of nitrogen functional groups attached to an aromatic ring is 1. The van der Waals surface area contributed by atoms with E-state index < -0.39 is 0 Å². The van der Waals surface area contributed by atoms with Gasteiger partial charge in [-0.1, -0.05) is 6.08 Å². The fraction of sp³-hybridized carbons (Fsp3) is 0.100. The molecule has 4 nitrogen and oxygen atoms in total. The van der Waals surface area contributed by atoms with Gasteiger partial charge in [0.2, 0.25) is 0 Å². The Morgan fingerprint density at radius 3 is 3.21 bits per heavy atom. The highest BCUT2D eigenvalue weighted by Gasteiger charge is 2.01. The molecule has 0 aliphatic heterocycles. The van der Waals surface area contributed by atoms with Crippen molar-refractivity contribution in [3.8, 4) is 0 Å². The van der Waals surface area contributed by atoms with Crippen LogP contribution in [0, 0.1) is 0 Å². The Labute approximate surface area is 81.8 Å². The molecular formula is C10H12N4. The summed E-state index contributed by atoms with van der Waals surface area (Å²) in [5.74, 6) is 0. The zero-order valence-electron chi connectivity index (χ0n) is 7.75. The molecule has 0 saturated carbocycles. The van der Waals surface area contributed by atoms with Gasteiger partial charge in [0, 0.05) is 11.9 Å². The number of nitrogens with two attached hydrogens (primary N) is 1. The summed E-state index contributed by atoms with van der Waals surface area (Å²) in [5, 5.41) is 11.0. The maximum atomic E-state index is 5.85. The first-order valence-electron chi connectivity index (χ1n) is 4.38. The number of hydrogen-bond donors (Lipinski definition) is 3. The summed E-state index contributed by atoms with van der Waals surface area (Å²) in [6.45, 7) is 4.33. The van der Waals surface area contributed by atoms with E-state index in [0.29, 0.717) is 6.54 Å². The Hall–Kier alpha value is -1.97. The number of H-pyrrole nitrogens is 1. The molecule has 2 aromatic rings. The second-order valence-corrected chi connectivity index (χ2v) is 3.07. The van der Waals surface area contributed by atoms with Crippen LogP contribution in [0.25, 0.3) is 10.9 Å². The normalized spacial score (nSPS) is 10.3. The average molecular weight is 188 g/mol. The quantitative estimate of drug-likeness (QED) is 0.507. The minimum Gasteiger partial charge on any atom is -0.397 e. The fourth-order valence-electron chi connectivity index (χ4n) is 1.34. The van der Waals surface area contributed by atoms with Crippen LogP contribution >= 0.6 is 0 Å². The van der Waals surface area contributed by atoms with E-state index in [1.54, 1.807) is 12.3 Å². The maximum absolute atomic E-state index is 5.85. The highest BCUT2D eigenvalue weighted by Crippen LogP contribution is 2.24. The van der Waals surface area contributed by atoms with E-state index in [-0.39, 0.29) is 0 Å². The number of nitrogens with one attached hydrogen (secondary N) is 2. The molecule has 4 heteroatoms. The van der Waals surface area contributed by atoms with Gasteiger partial charge in [0.1, 0.15) is 0 Å². The second kappa shape index (κ2) is 3.41. The highest BCUT2D eigenvalue weighted by atomic mass is 15.1. The van der Waals surface area contributed by atoms with E-state index in [1.807, 2.05) is 12.1 Å². The van der Waals surface area contributed by atoms with Crippen LogP contribution < -0.4 is 11.1 Å². The van der Waals surface area contributed by atoms with Crippen LogP contribution in [0.3, 0.4) is 0 Å². The Balaban J connectivity index is 2.42. The minimum atomic E-state index is 0.698. The molecule has 1 heterocycles. The zero-order valence-corrected chi connectivity index (χ0v) is 7.75. The lowest BCUT2D eigenvalue weighted by Gasteiger charge is -2.06. The van der Waals surface area contributed by atoms with Gasteiger partial charge in [-0.05, 0) is 12.1 Å². The van der Waals surface area contributed by atoms with E-state index in [9.17, 15) is 0 Å². The molecule has 72 valence electrons. The topological polar surface area (TPSA) is 66.7 Å². The van der Waals surface area contributed by atoms with Crippen LogP contribution in [0.5, 0.6) is 0 Å². The molecule has 0 aliphatic rings. The Morgan fingerprint density at radius 1 is 1.57 bits per heavy atom. The number of fused-ring (bicyclic) bond motifs is 1. The molecule has 2 rings (SSSR count). The number of aromatic amines is 1. The first-order valence-corrected chi connectivity index (χ1v) is 4.38. The molecule has 1 aromatic heterocycles. The molecule has 0 radical (unpaired) electrons. The predicted octanol–water partition coefficient (Wildman–Crippen LogP) is 1.74. The van der Waals surface area contributed by atoms with Crippen molar-refractivity contribution in [1.29, 1.82) is 0 Å². The van der Waals surface area contributed by atoms with Crippen molar-refractivity contribution in [1.82, 2.24) is 10.2 Å². The molecule has 0 fully saturated rings. The third-order valence-corrected chi connectivity index (χ3v) is 2.05. The smallest absolute Gasteiger partial charge is 0.0672 e. The number of benzene rings is 1. The second-order valence-electron chi connectivity index (χ2n) is 3.07. The van der Waals surface area contributed by atoms with Crippen LogP contribution in [0.15, 0.2) is 31.0 Å². The Bertz CT molecular complexity index is 458. The van der Waals surface area contributed by atoms with Gasteiger partial charge in [0.25, 0.3) is 0 Å². The van der Waals surface area contributed by atoms with E-state index in [4.69, 9.17) is 5.73 Å². The Morgan fingerprint density at radius 2 is 2.43 bits per heavy atom. The summed E-state index contributed by atoms with van der Waals surface area (Å²) in [5.41, 5.74) is 8.45. The van der Waals surface area contributed by atoms with Gasteiger partial charge in [-0.25, -0.2) is 0 Å². The number of nitrogens with zero attached hydrogens (tertiary/aromatic N) is 1. The molecule has 0 spiro atoms. The highest BCUT2D eigenvalue weighted by molar-refractivity contribution is 5.88. The first kappa shape index (κ1) is 8.62. The molecule has 4 N–H and O–H groups in total. The van der Waals surface area contributed by atoms with Gasteiger partial charge in [0.15, 0.2) is 0 Å². The molecule has 0 unspecified atom stereocenters. The first-order chi connectivity index (χ1) is 6.81. The van der Waals surface area contributed by atoms with Gasteiger partial charge in [-0.3, -0.25) is 5.10 Å². The number of anilines is 2. The van der Waals surface area contributed by atoms with Crippen molar-refractivity contribution in [2.75, 3.05) is 17.6 Å². The maximum Gasteiger partial charge on any atom is 0.0672 e. The molecule has 0 saturated heterocycles. The van der Waals surface area contributed by atoms with Gasteiger partial charge >= 0.3 is 0 Å². The van der Waals surface area contributed by atoms with Crippen LogP contribution in [0.4, 0.5) is 11.4 Å². The predicted molar refractivity (Wildman–Crippen MR) is 59.2 cm³/mol. The van der Waals surface area contributed by atoms with E-state index in [1.165, 1.54) is 0 Å². The van der Waals surface area contributed by atoms with Crippen molar-refractivity contribution in [2.24, 2.45) is 0 Å². The lowest BCUT2D eigenvalue weighted by molar-refractivity contribution is 1.12. The number of aromatic nitrogens is 2. The summed E-state index contributed by atoms with van der Waals surface area (Å²) >= 11 is 0. The van der Waals surface area contributed by atoms with Crippen LogP contribution in [-0.4, -0.2) is 16.7 Å². The van der Waals surface area contributed by atoms with Crippen LogP contribution in [0.2, 0.25) is 0 Å². The molecule has 14 heavy (non-hydrogen) atoms. The fourth-order valence-corrected chi connectivity index (χ4v) is 1.34. The third kappa shape index (κ3) is 1.42. The molecule has 0 bridgehead atoms. The van der Waals surface area contributed by atoms with E-state index >= 15 is 0 Å². The van der Waals surface area contributed by atoms with Gasteiger partial charge in [-0.15, -0.1) is 6.58 Å². The van der Waals surface area contributed by atoms with Gasteiger partial charge in [-0.2, -0.15) is 5.10 Å². The van der Waals surface area contributed by atoms with Gasteiger partial charge in [0.05, 0.1) is 23.1 Å². The lowest BCUT2D eigenvalue weighted by Crippen LogP contribution is -2.01. The van der Waals surface area contributed by atoms with E-state index in [2.05, 4.69) is 22.1 Å². The standard InChI is InChI=1S/C10H12N4/c1-2-3-12-10-5-9-7(4-8(10)11)6-13-14-9/h2,4-6,12H,1,3,11H2,(H,13,14). The van der Waals surface area contributed by atoms with Crippen molar-refractivity contribution in [3.05, 3.63) is 31.0 Å². The molecular weight excluding hydrogens is 176 g/mol. The monoisotopic (exact) mass is 188 g/mol. The summed E-state index contributed by atoms with van der Waals surface area (Å²) in [7, 11) is 0. The van der Waals surface area contributed by atoms with Crippen molar-refractivity contribution in [2.45, 2.75) is 0 Å². The van der Waals surface area contributed by atoms with Crippen LogP contribution in [-0.2, 0) is 0 Å². The largest absolute Gasteiger partial charge is 0.397 e. The lowest BCUT2D eigenvalue weighted by atomic mass is 10.2. The zero-order chi connectivity index (χ0) is 9.97. The molecule has 0 aliphatic carbocycles. The Kier molecular flexibility index (Phi) is 2.10. The van der Waals surface area contributed by atoms with Crippen molar-refractivity contribution in [3.63, 3.8) is 0 Å². The van der Waals surface area contributed by atoms with Gasteiger partial charge < -0.3 is 11.1 Å². The summed E-state index contributed by atoms with van der Waals surface area (Å²) < 4.78 is 0. The van der Waals surface area contributed by atoms with Crippen LogP contribution in [0.1, 0.15) is 0 Å². The van der Waals surface area contributed by atoms with Crippen molar-refractivity contribution >= 4 is 22.3 Å². The minimum absolute atomic E-state index is 0.698. The average Bonchev–Trinajstić information content (AvgIpc) is 2.61. The van der Waals surface area contributed by atoms with E-state index in [0.717, 1.165) is 22.3 Å².